The van der Waals surface area contributed by atoms with Gasteiger partial charge in [-0.15, -0.1) is 0 Å². The van der Waals surface area contributed by atoms with Crippen molar-refractivity contribution in [1.82, 2.24) is 5.32 Å². The molecule has 1 fully saturated rings. The lowest BCUT2D eigenvalue weighted by Gasteiger charge is -2.18. The van der Waals surface area contributed by atoms with Gasteiger partial charge in [-0.3, -0.25) is 0 Å². The Morgan fingerprint density at radius 3 is 3.12 bits per heavy atom. The highest BCUT2D eigenvalue weighted by Gasteiger charge is 2.22. The normalized spacial score (nSPS) is 27.1. The van der Waals surface area contributed by atoms with Crippen LogP contribution in [0.2, 0.25) is 0 Å². The largest absolute Gasteiger partial charge is 0.469 e. The molecule has 1 aliphatic heterocycles. The highest BCUT2D eigenvalue weighted by Crippen LogP contribution is 2.26. The fourth-order valence-electron chi connectivity index (χ4n) is 2.23. The van der Waals surface area contributed by atoms with Gasteiger partial charge in [-0.25, -0.2) is 0 Å². The molecule has 0 aliphatic carbocycles. The molecule has 1 aromatic rings. The first-order valence-electron chi connectivity index (χ1n) is 6.14. The van der Waals surface area contributed by atoms with Crippen LogP contribution in [0.25, 0.3) is 0 Å². The zero-order valence-corrected chi connectivity index (χ0v) is 10.9. The molecule has 1 aromatic heterocycles. The molecule has 1 saturated heterocycles. The molecule has 0 radical (unpaired) electrons. The molecule has 3 atom stereocenters. The predicted molar refractivity (Wildman–Crippen MR) is 70.0 cm³/mol. The van der Waals surface area contributed by atoms with Gasteiger partial charge in [0.25, 0.3) is 0 Å². The third-order valence-corrected chi connectivity index (χ3v) is 4.48. The molecule has 3 heteroatoms. The molecule has 0 bridgehead atoms. The van der Waals surface area contributed by atoms with Crippen LogP contribution >= 0.6 is 11.8 Å². The van der Waals surface area contributed by atoms with Crippen LogP contribution in [0.1, 0.15) is 32.4 Å². The van der Waals surface area contributed by atoms with E-state index in [1.807, 2.05) is 6.07 Å². The molecule has 2 nitrogen and oxygen atoms in total. The van der Waals surface area contributed by atoms with Crippen LogP contribution in [0, 0.1) is 0 Å². The van der Waals surface area contributed by atoms with E-state index in [-0.39, 0.29) is 0 Å². The van der Waals surface area contributed by atoms with Crippen LogP contribution in [0.5, 0.6) is 0 Å². The second-order valence-electron chi connectivity index (χ2n) is 4.76. The van der Waals surface area contributed by atoms with Crippen LogP contribution in [0.15, 0.2) is 22.8 Å². The molecule has 0 spiro atoms. The first kappa shape index (κ1) is 12.1. The Balaban J connectivity index is 1.66. The van der Waals surface area contributed by atoms with E-state index < -0.39 is 0 Å². The van der Waals surface area contributed by atoms with E-state index in [0.717, 1.165) is 23.9 Å². The SMILES string of the molecule is CC(CCc1ccco1)NC1CSC(C)C1. The molecular formula is C13H21NOS. The summed E-state index contributed by atoms with van der Waals surface area (Å²) in [7, 11) is 0. The Morgan fingerprint density at radius 1 is 1.62 bits per heavy atom. The predicted octanol–water partition coefficient (Wildman–Crippen LogP) is 3.08. The summed E-state index contributed by atoms with van der Waals surface area (Å²) in [5.74, 6) is 2.37. The smallest absolute Gasteiger partial charge is 0.103 e. The minimum atomic E-state index is 0.584. The lowest BCUT2D eigenvalue weighted by Crippen LogP contribution is -2.36. The fraction of sp³-hybridized carbons (Fsp3) is 0.692. The molecule has 0 aromatic carbocycles. The molecule has 2 heterocycles. The Hall–Kier alpha value is -0.410. The number of nitrogens with one attached hydrogen (secondary N) is 1. The zero-order valence-electron chi connectivity index (χ0n) is 10.1. The lowest BCUT2D eigenvalue weighted by atomic mass is 10.1. The van der Waals surface area contributed by atoms with Gasteiger partial charge in [-0.05, 0) is 31.9 Å². The van der Waals surface area contributed by atoms with Gasteiger partial charge >= 0.3 is 0 Å². The number of furan rings is 1. The summed E-state index contributed by atoms with van der Waals surface area (Å²) in [6.45, 7) is 4.59. The van der Waals surface area contributed by atoms with Crippen LogP contribution in [0.3, 0.4) is 0 Å². The van der Waals surface area contributed by atoms with Crippen molar-refractivity contribution in [1.29, 1.82) is 0 Å². The molecule has 0 amide bonds. The minimum absolute atomic E-state index is 0.584. The lowest BCUT2D eigenvalue weighted by molar-refractivity contribution is 0.422. The van der Waals surface area contributed by atoms with Crippen molar-refractivity contribution < 1.29 is 4.42 Å². The van der Waals surface area contributed by atoms with Crippen LogP contribution in [-0.4, -0.2) is 23.1 Å². The average Bonchev–Trinajstić information content (AvgIpc) is 2.87. The minimum Gasteiger partial charge on any atom is -0.469 e. The van der Waals surface area contributed by atoms with Gasteiger partial charge in [0.05, 0.1) is 6.26 Å². The van der Waals surface area contributed by atoms with Crippen molar-refractivity contribution in [2.75, 3.05) is 5.75 Å². The van der Waals surface area contributed by atoms with Crippen LogP contribution in [0.4, 0.5) is 0 Å². The van der Waals surface area contributed by atoms with E-state index in [0.29, 0.717) is 12.1 Å². The molecule has 2 rings (SSSR count). The Morgan fingerprint density at radius 2 is 2.50 bits per heavy atom. The first-order valence-corrected chi connectivity index (χ1v) is 7.19. The van der Waals surface area contributed by atoms with Crippen LogP contribution in [-0.2, 0) is 6.42 Å². The standard InChI is InChI=1S/C13H21NOS/c1-10(5-6-13-4-3-7-15-13)14-12-8-11(2)16-9-12/h3-4,7,10-12,14H,5-6,8-9H2,1-2H3. The van der Waals surface area contributed by atoms with E-state index in [1.54, 1.807) is 6.26 Å². The molecule has 3 unspecified atom stereocenters. The summed E-state index contributed by atoms with van der Waals surface area (Å²) >= 11 is 2.08. The van der Waals surface area contributed by atoms with Gasteiger partial charge in [-0.1, -0.05) is 6.92 Å². The van der Waals surface area contributed by atoms with E-state index in [2.05, 4.69) is 37.0 Å². The molecule has 90 valence electrons. The van der Waals surface area contributed by atoms with Crippen LogP contribution < -0.4 is 5.32 Å². The molecule has 0 saturated carbocycles. The molecule has 16 heavy (non-hydrogen) atoms. The topological polar surface area (TPSA) is 25.2 Å². The van der Waals surface area contributed by atoms with E-state index >= 15 is 0 Å². The summed E-state index contributed by atoms with van der Waals surface area (Å²) in [6, 6.07) is 5.32. The van der Waals surface area contributed by atoms with Gasteiger partial charge < -0.3 is 9.73 Å². The molecule has 1 aliphatic rings. The quantitative estimate of drug-likeness (QED) is 0.855. The highest BCUT2D eigenvalue weighted by molar-refractivity contribution is 8.00. The first-order chi connectivity index (χ1) is 7.74. The number of aryl methyl sites for hydroxylation is 1. The Labute approximate surface area is 102 Å². The Kier molecular flexibility index (Phi) is 4.36. The van der Waals surface area contributed by atoms with E-state index in [4.69, 9.17) is 4.42 Å². The third kappa shape index (κ3) is 3.56. The van der Waals surface area contributed by atoms with Gasteiger partial charge in [0.1, 0.15) is 5.76 Å². The van der Waals surface area contributed by atoms with Crippen molar-refractivity contribution in [3.05, 3.63) is 24.2 Å². The summed E-state index contributed by atoms with van der Waals surface area (Å²) in [5, 5.41) is 4.54. The van der Waals surface area contributed by atoms with Gasteiger partial charge in [0, 0.05) is 29.5 Å². The van der Waals surface area contributed by atoms with Crippen molar-refractivity contribution in [3.8, 4) is 0 Å². The molecule has 1 N–H and O–H groups in total. The number of hydrogen-bond donors (Lipinski definition) is 1. The van der Waals surface area contributed by atoms with Crippen molar-refractivity contribution in [3.63, 3.8) is 0 Å². The second-order valence-corrected chi connectivity index (χ2v) is 6.23. The van der Waals surface area contributed by atoms with Crippen molar-refractivity contribution in [2.45, 2.75) is 50.4 Å². The van der Waals surface area contributed by atoms with Crippen molar-refractivity contribution >= 4 is 11.8 Å². The van der Waals surface area contributed by atoms with Gasteiger partial charge in [0.15, 0.2) is 0 Å². The maximum absolute atomic E-state index is 5.34. The Bertz CT molecular complexity index is 299. The number of rotatable bonds is 5. The highest BCUT2D eigenvalue weighted by atomic mass is 32.2. The van der Waals surface area contributed by atoms with Gasteiger partial charge in [0.2, 0.25) is 0 Å². The summed E-state index contributed by atoms with van der Waals surface area (Å²) in [5.41, 5.74) is 0. The zero-order chi connectivity index (χ0) is 11.4. The number of hydrogen-bond acceptors (Lipinski definition) is 3. The second kappa shape index (κ2) is 5.78. The van der Waals surface area contributed by atoms with Gasteiger partial charge in [-0.2, -0.15) is 11.8 Å². The summed E-state index contributed by atoms with van der Waals surface area (Å²) in [4.78, 5) is 0. The number of thioether (sulfide) groups is 1. The monoisotopic (exact) mass is 239 g/mol. The summed E-state index contributed by atoms with van der Waals surface area (Å²) < 4.78 is 5.34. The fourth-order valence-corrected chi connectivity index (χ4v) is 3.39. The van der Waals surface area contributed by atoms with E-state index in [1.165, 1.54) is 12.2 Å². The maximum atomic E-state index is 5.34. The van der Waals surface area contributed by atoms with E-state index in [9.17, 15) is 0 Å². The molecular weight excluding hydrogens is 218 g/mol. The summed E-state index contributed by atoms with van der Waals surface area (Å²) in [6.07, 6.45) is 5.26. The average molecular weight is 239 g/mol. The van der Waals surface area contributed by atoms with Crippen molar-refractivity contribution in [2.24, 2.45) is 0 Å². The maximum Gasteiger partial charge on any atom is 0.103 e. The third-order valence-electron chi connectivity index (χ3n) is 3.12.